The number of rotatable bonds is 2. The van der Waals surface area contributed by atoms with Crippen LogP contribution in [0.2, 0.25) is 0 Å². The molecule has 0 aliphatic carbocycles. The van der Waals surface area contributed by atoms with Gasteiger partial charge >= 0.3 is 5.97 Å². The molecule has 0 unspecified atom stereocenters. The molecule has 0 saturated carbocycles. The third kappa shape index (κ3) is 3.18. The first kappa shape index (κ1) is 12.5. The molecule has 1 aliphatic heterocycles. The third-order valence-electron chi connectivity index (χ3n) is 3.22. The van der Waals surface area contributed by atoms with Crippen molar-refractivity contribution in [2.24, 2.45) is 5.92 Å². The van der Waals surface area contributed by atoms with Crippen molar-refractivity contribution in [1.82, 2.24) is 10.0 Å². The van der Waals surface area contributed by atoms with E-state index in [4.69, 9.17) is 5.11 Å². The predicted octanol–water partition coefficient (Wildman–Crippen LogP) is 1.43. The van der Waals surface area contributed by atoms with Crippen LogP contribution in [0, 0.1) is 5.92 Å². The lowest BCUT2D eigenvalue weighted by molar-refractivity contribution is -0.147. The first-order chi connectivity index (χ1) is 6.82. The normalized spacial score (nSPS) is 20.9. The van der Waals surface area contributed by atoms with E-state index in [1.807, 2.05) is 0 Å². The summed E-state index contributed by atoms with van der Waals surface area (Å²) in [6, 6.07) is 0. The fourth-order valence-corrected chi connectivity index (χ4v) is 1.84. The molecule has 1 N–H and O–H groups in total. The van der Waals surface area contributed by atoms with Crippen molar-refractivity contribution in [3.8, 4) is 0 Å². The van der Waals surface area contributed by atoms with Crippen LogP contribution < -0.4 is 0 Å². The van der Waals surface area contributed by atoms with Gasteiger partial charge in [0, 0.05) is 25.7 Å². The van der Waals surface area contributed by atoms with Gasteiger partial charge in [-0.1, -0.05) is 0 Å². The Hall–Kier alpha value is -0.610. The number of hydrogen-bond acceptors (Lipinski definition) is 3. The zero-order valence-corrected chi connectivity index (χ0v) is 10.2. The summed E-state index contributed by atoms with van der Waals surface area (Å²) in [5.41, 5.74) is 0.107. The van der Waals surface area contributed by atoms with Crippen molar-refractivity contribution >= 4 is 5.97 Å². The highest BCUT2D eigenvalue weighted by atomic mass is 16.4. The second kappa shape index (κ2) is 4.49. The van der Waals surface area contributed by atoms with Crippen molar-refractivity contribution in [2.75, 3.05) is 20.1 Å². The van der Waals surface area contributed by atoms with E-state index >= 15 is 0 Å². The van der Waals surface area contributed by atoms with E-state index in [9.17, 15) is 4.79 Å². The fourth-order valence-electron chi connectivity index (χ4n) is 1.84. The highest BCUT2D eigenvalue weighted by Crippen LogP contribution is 2.22. The van der Waals surface area contributed by atoms with Crippen molar-refractivity contribution in [1.29, 1.82) is 0 Å². The molecule has 1 saturated heterocycles. The van der Waals surface area contributed by atoms with E-state index in [0.717, 1.165) is 25.9 Å². The van der Waals surface area contributed by atoms with E-state index in [2.05, 4.69) is 37.8 Å². The lowest BCUT2D eigenvalue weighted by atomic mass is 9.97. The molecule has 0 radical (unpaired) electrons. The standard InChI is InChI=1S/C11H22N2O2/c1-11(2,3)12(4)13-7-5-9(6-8-13)10(14)15/h9H,5-8H2,1-4H3,(H,14,15). The molecule has 0 bridgehead atoms. The molecule has 4 nitrogen and oxygen atoms in total. The molecule has 4 heteroatoms. The maximum Gasteiger partial charge on any atom is 0.306 e. The molecule has 1 rings (SSSR count). The van der Waals surface area contributed by atoms with E-state index < -0.39 is 5.97 Å². The second-order valence-corrected chi connectivity index (χ2v) is 5.26. The molecule has 1 aliphatic rings. The fraction of sp³-hybridized carbons (Fsp3) is 0.909. The summed E-state index contributed by atoms with van der Waals surface area (Å²) in [5, 5.41) is 13.4. The highest BCUT2D eigenvalue weighted by molar-refractivity contribution is 5.70. The van der Waals surface area contributed by atoms with Crippen LogP contribution in [0.5, 0.6) is 0 Å². The van der Waals surface area contributed by atoms with E-state index in [-0.39, 0.29) is 11.5 Å². The molecule has 0 aromatic rings. The van der Waals surface area contributed by atoms with Gasteiger partial charge in [0.1, 0.15) is 0 Å². The topological polar surface area (TPSA) is 43.8 Å². The molecule has 1 heterocycles. The SMILES string of the molecule is CN(N1CCC(C(=O)O)CC1)C(C)(C)C. The lowest BCUT2D eigenvalue weighted by Gasteiger charge is -2.43. The number of carboxylic acid groups (broad SMARTS) is 1. The quantitative estimate of drug-likeness (QED) is 0.755. The maximum atomic E-state index is 10.8. The minimum atomic E-state index is -0.645. The zero-order chi connectivity index (χ0) is 11.6. The van der Waals surface area contributed by atoms with Crippen molar-refractivity contribution in [3.63, 3.8) is 0 Å². The predicted molar refractivity (Wildman–Crippen MR) is 59.4 cm³/mol. The number of carboxylic acids is 1. The molecule has 0 spiro atoms. The van der Waals surface area contributed by atoms with Crippen LogP contribution in [-0.4, -0.2) is 46.8 Å². The molecule has 1 fully saturated rings. The summed E-state index contributed by atoms with van der Waals surface area (Å²) in [6.07, 6.45) is 1.52. The van der Waals surface area contributed by atoms with Crippen molar-refractivity contribution in [2.45, 2.75) is 39.2 Å². The number of hydrazine groups is 1. The second-order valence-electron chi connectivity index (χ2n) is 5.26. The van der Waals surface area contributed by atoms with Gasteiger partial charge in [0.2, 0.25) is 0 Å². The average molecular weight is 214 g/mol. The smallest absolute Gasteiger partial charge is 0.306 e. The van der Waals surface area contributed by atoms with Gasteiger partial charge in [-0.3, -0.25) is 4.79 Å². The summed E-state index contributed by atoms with van der Waals surface area (Å²) in [4.78, 5) is 10.8. The summed E-state index contributed by atoms with van der Waals surface area (Å²) in [5.74, 6) is -0.789. The van der Waals surface area contributed by atoms with Crippen molar-refractivity contribution in [3.05, 3.63) is 0 Å². The van der Waals surface area contributed by atoms with E-state index in [1.54, 1.807) is 0 Å². The van der Waals surface area contributed by atoms with Crippen LogP contribution in [0.3, 0.4) is 0 Å². The van der Waals surface area contributed by atoms with Gasteiger partial charge in [0.15, 0.2) is 0 Å². The Labute approximate surface area is 91.8 Å². The van der Waals surface area contributed by atoms with Crippen LogP contribution in [0.4, 0.5) is 0 Å². The molecule has 0 aromatic heterocycles. The Morgan fingerprint density at radius 1 is 1.33 bits per heavy atom. The van der Waals surface area contributed by atoms with Gasteiger partial charge < -0.3 is 5.11 Å². The first-order valence-corrected chi connectivity index (χ1v) is 5.54. The largest absolute Gasteiger partial charge is 0.481 e. The molecule has 0 amide bonds. The monoisotopic (exact) mass is 214 g/mol. The molecule has 15 heavy (non-hydrogen) atoms. The number of hydrogen-bond donors (Lipinski definition) is 1. The Kier molecular flexibility index (Phi) is 3.73. The van der Waals surface area contributed by atoms with Gasteiger partial charge in [-0.2, -0.15) is 0 Å². The van der Waals surface area contributed by atoms with Crippen LogP contribution >= 0.6 is 0 Å². The van der Waals surface area contributed by atoms with Gasteiger partial charge in [0.05, 0.1) is 5.92 Å². The Morgan fingerprint density at radius 2 is 1.80 bits per heavy atom. The third-order valence-corrected chi connectivity index (χ3v) is 3.22. The minimum absolute atomic E-state index is 0.107. The Bertz CT molecular complexity index is 227. The molecule has 88 valence electrons. The average Bonchev–Trinajstić information content (AvgIpc) is 2.15. The summed E-state index contributed by atoms with van der Waals surface area (Å²) < 4.78 is 0. The van der Waals surface area contributed by atoms with Gasteiger partial charge in [0.25, 0.3) is 0 Å². The number of aliphatic carboxylic acids is 1. The van der Waals surface area contributed by atoms with E-state index in [1.165, 1.54) is 0 Å². The minimum Gasteiger partial charge on any atom is -0.481 e. The van der Waals surface area contributed by atoms with Crippen LogP contribution in [0.1, 0.15) is 33.6 Å². The highest BCUT2D eigenvalue weighted by Gasteiger charge is 2.29. The Balaban J connectivity index is 2.47. The van der Waals surface area contributed by atoms with Gasteiger partial charge in [-0.25, -0.2) is 10.0 Å². The lowest BCUT2D eigenvalue weighted by Crippen LogP contribution is -2.53. The number of nitrogens with zero attached hydrogens (tertiary/aromatic N) is 2. The van der Waals surface area contributed by atoms with E-state index in [0.29, 0.717) is 0 Å². The zero-order valence-electron chi connectivity index (χ0n) is 10.2. The molecule has 0 atom stereocenters. The molecule has 0 aromatic carbocycles. The Morgan fingerprint density at radius 3 is 2.13 bits per heavy atom. The maximum absolute atomic E-state index is 10.8. The summed E-state index contributed by atoms with van der Waals surface area (Å²) >= 11 is 0. The van der Waals surface area contributed by atoms with Gasteiger partial charge in [-0.05, 0) is 33.6 Å². The van der Waals surface area contributed by atoms with Crippen LogP contribution in [0.25, 0.3) is 0 Å². The van der Waals surface area contributed by atoms with Crippen LogP contribution in [-0.2, 0) is 4.79 Å². The summed E-state index contributed by atoms with van der Waals surface area (Å²) in [6.45, 7) is 8.19. The molecular formula is C11H22N2O2. The molecular weight excluding hydrogens is 192 g/mol. The number of piperidine rings is 1. The number of carbonyl (C=O) groups is 1. The van der Waals surface area contributed by atoms with Crippen molar-refractivity contribution < 1.29 is 9.90 Å². The first-order valence-electron chi connectivity index (χ1n) is 5.54. The summed E-state index contributed by atoms with van der Waals surface area (Å²) in [7, 11) is 2.07. The van der Waals surface area contributed by atoms with Gasteiger partial charge in [-0.15, -0.1) is 0 Å². The van der Waals surface area contributed by atoms with Crippen LogP contribution in [0.15, 0.2) is 0 Å².